The Morgan fingerprint density at radius 1 is 1.43 bits per heavy atom. The smallest absolute Gasteiger partial charge is 0.248 e. The zero-order valence-corrected chi connectivity index (χ0v) is 13.8. The number of hydrogen-bond acceptors (Lipinski definition) is 4. The Morgan fingerprint density at radius 2 is 2.19 bits per heavy atom. The van der Waals surface area contributed by atoms with Crippen LogP contribution in [0.4, 0.5) is 10.8 Å². The summed E-state index contributed by atoms with van der Waals surface area (Å²) in [4.78, 5) is 16.5. The highest BCUT2D eigenvalue weighted by Crippen LogP contribution is 2.21. The lowest BCUT2D eigenvalue weighted by Crippen LogP contribution is -2.34. The van der Waals surface area contributed by atoms with Crippen LogP contribution >= 0.6 is 22.9 Å². The molecule has 0 saturated carbocycles. The second kappa shape index (κ2) is 6.91. The normalized spacial score (nSPS) is 12.0. The number of anilines is 2. The zero-order valence-electron chi connectivity index (χ0n) is 12.2. The van der Waals surface area contributed by atoms with Gasteiger partial charge in [-0.3, -0.25) is 4.79 Å². The number of nitrogens with zero attached hydrogens (tertiary/aromatic N) is 1. The summed E-state index contributed by atoms with van der Waals surface area (Å²) in [5, 5.41) is 9.33. The molecule has 2 rings (SSSR count). The van der Waals surface area contributed by atoms with E-state index in [1.807, 2.05) is 44.4 Å². The highest BCUT2D eigenvalue weighted by atomic mass is 35.5. The fourth-order valence-electron chi connectivity index (χ4n) is 1.93. The summed E-state index contributed by atoms with van der Waals surface area (Å²) in [6.07, 6.45) is 0.679. The first kappa shape index (κ1) is 15.8. The van der Waals surface area contributed by atoms with Gasteiger partial charge in [0, 0.05) is 16.1 Å². The maximum Gasteiger partial charge on any atom is 0.248 e. The standard InChI is InChI=1S/C15H18ClN3OS/c1-4-12(14(20)19-15-17-10(3)8-21-15)18-13-6-5-11(16)7-9(13)2/h5-8,12,18H,4H2,1-3H3,(H,17,19,20)/t12-/m1/s1. The van der Waals surface area contributed by atoms with Gasteiger partial charge in [-0.05, 0) is 44.0 Å². The number of carbonyl (C=O) groups excluding carboxylic acids is 1. The number of nitrogens with one attached hydrogen (secondary N) is 2. The maximum atomic E-state index is 12.3. The summed E-state index contributed by atoms with van der Waals surface area (Å²) in [6.45, 7) is 5.83. The van der Waals surface area contributed by atoms with Gasteiger partial charge in [0.15, 0.2) is 5.13 Å². The van der Waals surface area contributed by atoms with Crippen molar-refractivity contribution in [1.82, 2.24) is 4.98 Å². The van der Waals surface area contributed by atoms with Crippen molar-refractivity contribution in [1.29, 1.82) is 0 Å². The average molecular weight is 324 g/mol. The monoisotopic (exact) mass is 323 g/mol. The van der Waals surface area contributed by atoms with Gasteiger partial charge in [-0.25, -0.2) is 4.98 Å². The molecule has 1 aromatic carbocycles. The number of aromatic nitrogens is 1. The molecular formula is C15H18ClN3OS. The van der Waals surface area contributed by atoms with Crippen molar-refractivity contribution in [2.75, 3.05) is 10.6 Å². The Kier molecular flexibility index (Phi) is 5.20. The third-order valence-corrected chi connectivity index (χ3v) is 4.20. The molecule has 0 spiro atoms. The molecule has 1 heterocycles. The number of benzene rings is 1. The zero-order chi connectivity index (χ0) is 15.4. The van der Waals surface area contributed by atoms with Gasteiger partial charge >= 0.3 is 0 Å². The number of aryl methyl sites for hydroxylation is 2. The van der Waals surface area contributed by atoms with Crippen molar-refractivity contribution in [3.8, 4) is 0 Å². The average Bonchev–Trinajstić information content (AvgIpc) is 2.83. The van der Waals surface area contributed by atoms with Crippen molar-refractivity contribution in [2.45, 2.75) is 33.2 Å². The van der Waals surface area contributed by atoms with Crippen LogP contribution in [0.5, 0.6) is 0 Å². The quantitative estimate of drug-likeness (QED) is 0.865. The van der Waals surface area contributed by atoms with Gasteiger partial charge < -0.3 is 10.6 Å². The Bertz CT molecular complexity index is 642. The predicted octanol–water partition coefficient (Wildman–Crippen LogP) is 4.24. The summed E-state index contributed by atoms with van der Waals surface area (Å²) >= 11 is 7.37. The van der Waals surface area contributed by atoms with E-state index in [2.05, 4.69) is 15.6 Å². The third-order valence-electron chi connectivity index (χ3n) is 3.09. The first-order chi connectivity index (χ1) is 9.99. The van der Waals surface area contributed by atoms with Gasteiger partial charge in [0.25, 0.3) is 0 Å². The Morgan fingerprint density at radius 3 is 2.76 bits per heavy atom. The van der Waals surface area contributed by atoms with E-state index in [0.29, 0.717) is 16.6 Å². The second-order valence-corrected chi connectivity index (χ2v) is 6.14. The molecule has 0 bridgehead atoms. The van der Waals surface area contributed by atoms with E-state index >= 15 is 0 Å². The largest absolute Gasteiger partial charge is 0.373 e. The summed E-state index contributed by atoms with van der Waals surface area (Å²) in [5.41, 5.74) is 2.83. The molecule has 0 aliphatic carbocycles. The molecule has 1 atom stereocenters. The predicted molar refractivity (Wildman–Crippen MR) is 89.4 cm³/mol. The minimum atomic E-state index is -0.311. The molecular weight excluding hydrogens is 306 g/mol. The van der Waals surface area contributed by atoms with Crippen LogP contribution in [0.1, 0.15) is 24.6 Å². The molecule has 0 aliphatic heterocycles. The lowest BCUT2D eigenvalue weighted by atomic mass is 10.1. The topological polar surface area (TPSA) is 54.0 Å². The van der Waals surface area contributed by atoms with E-state index in [-0.39, 0.29) is 11.9 Å². The van der Waals surface area contributed by atoms with Crippen LogP contribution < -0.4 is 10.6 Å². The van der Waals surface area contributed by atoms with Crippen molar-refractivity contribution in [2.24, 2.45) is 0 Å². The first-order valence-corrected chi connectivity index (χ1v) is 8.01. The summed E-state index contributed by atoms with van der Waals surface area (Å²) < 4.78 is 0. The molecule has 0 aliphatic rings. The molecule has 112 valence electrons. The van der Waals surface area contributed by atoms with Crippen molar-refractivity contribution in [3.63, 3.8) is 0 Å². The number of halogens is 1. The number of amides is 1. The molecule has 21 heavy (non-hydrogen) atoms. The summed E-state index contributed by atoms with van der Waals surface area (Å²) in [5.74, 6) is -0.0822. The first-order valence-electron chi connectivity index (χ1n) is 6.75. The number of rotatable bonds is 5. The molecule has 0 radical (unpaired) electrons. The van der Waals surface area contributed by atoms with E-state index in [0.717, 1.165) is 16.9 Å². The molecule has 4 nitrogen and oxygen atoms in total. The number of thiazole rings is 1. The van der Waals surface area contributed by atoms with Crippen molar-refractivity contribution in [3.05, 3.63) is 39.9 Å². The highest BCUT2D eigenvalue weighted by Gasteiger charge is 2.18. The van der Waals surface area contributed by atoms with E-state index in [9.17, 15) is 4.79 Å². The SMILES string of the molecule is CC[C@@H](Nc1ccc(Cl)cc1C)C(=O)Nc1nc(C)cs1. The van der Waals surface area contributed by atoms with Crippen LogP contribution in [0.3, 0.4) is 0 Å². The molecule has 0 saturated heterocycles. The van der Waals surface area contributed by atoms with Gasteiger partial charge in [-0.2, -0.15) is 0 Å². The Balaban J connectivity index is 2.06. The van der Waals surface area contributed by atoms with Gasteiger partial charge in [0.05, 0.1) is 5.69 Å². The van der Waals surface area contributed by atoms with Gasteiger partial charge in [-0.1, -0.05) is 18.5 Å². The van der Waals surface area contributed by atoms with Crippen molar-refractivity contribution < 1.29 is 4.79 Å². The minimum absolute atomic E-state index is 0.0822. The highest BCUT2D eigenvalue weighted by molar-refractivity contribution is 7.13. The van der Waals surface area contributed by atoms with Crippen LogP contribution in [-0.2, 0) is 4.79 Å². The van der Waals surface area contributed by atoms with Crippen LogP contribution in [-0.4, -0.2) is 16.9 Å². The lowest BCUT2D eigenvalue weighted by Gasteiger charge is -2.18. The number of carbonyl (C=O) groups is 1. The van der Waals surface area contributed by atoms with E-state index in [1.54, 1.807) is 0 Å². The van der Waals surface area contributed by atoms with Gasteiger partial charge in [0.1, 0.15) is 6.04 Å². The Hall–Kier alpha value is -1.59. The number of hydrogen-bond donors (Lipinski definition) is 2. The van der Waals surface area contributed by atoms with E-state index in [4.69, 9.17) is 11.6 Å². The van der Waals surface area contributed by atoms with Crippen molar-refractivity contribution >= 4 is 39.7 Å². The molecule has 1 amide bonds. The molecule has 2 N–H and O–H groups in total. The second-order valence-electron chi connectivity index (χ2n) is 4.85. The molecule has 0 unspecified atom stereocenters. The maximum absolute atomic E-state index is 12.3. The Labute approximate surface area is 133 Å². The van der Waals surface area contributed by atoms with Crippen LogP contribution in [0.15, 0.2) is 23.6 Å². The van der Waals surface area contributed by atoms with Crippen LogP contribution in [0, 0.1) is 13.8 Å². The van der Waals surface area contributed by atoms with Crippen LogP contribution in [0.25, 0.3) is 0 Å². The van der Waals surface area contributed by atoms with Gasteiger partial charge in [0.2, 0.25) is 5.91 Å². The molecule has 0 fully saturated rings. The summed E-state index contributed by atoms with van der Waals surface area (Å²) in [7, 11) is 0. The fraction of sp³-hybridized carbons (Fsp3) is 0.333. The summed E-state index contributed by atoms with van der Waals surface area (Å²) in [6, 6.07) is 5.26. The molecule has 2 aromatic rings. The van der Waals surface area contributed by atoms with Gasteiger partial charge in [-0.15, -0.1) is 11.3 Å². The fourth-order valence-corrected chi connectivity index (χ4v) is 2.85. The molecule has 1 aromatic heterocycles. The molecule has 6 heteroatoms. The minimum Gasteiger partial charge on any atom is -0.373 e. The third kappa shape index (κ3) is 4.19. The van der Waals surface area contributed by atoms with E-state index < -0.39 is 0 Å². The van der Waals surface area contributed by atoms with Crippen LogP contribution in [0.2, 0.25) is 5.02 Å². The lowest BCUT2D eigenvalue weighted by molar-refractivity contribution is -0.116. The van der Waals surface area contributed by atoms with E-state index in [1.165, 1.54) is 11.3 Å².